The molecule has 0 saturated carbocycles. The zero-order chi connectivity index (χ0) is 15.6. The Morgan fingerprint density at radius 1 is 1.57 bits per heavy atom. The number of carbonyl (C=O) groups is 1. The number of nitrogens with one attached hydrogen (secondary N) is 1. The maximum Gasteiger partial charge on any atom is 0.255 e. The van der Waals surface area contributed by atoms with Gasteiger partial charge in [-0.2, -0.15) is 5.10 Å². The zero-order valence-corrected chi connectivity index (χ0v) is 12.8. The highest BCUT2D eigenvalue weighted by molar-refractivity contribution is 5.99. The van der Waals surface area contributed by atoms with E-state index in [1.165, 1.54) is 6.26 Å². The van der Waals surface area contributed by atoms with Gasteiger partial charge in [0, 0.05) is 25.4 Å². The highest BCUT2D eigenvalue weighted by Crippen LogP contribution is 2.22. The molecule has 0 spiro atoms. The summed E-state index contributed by atoms with van der Waals surface area (Å²) in [5.41, 5.74) is 0.816. The second-order valence-corrected chi connectivity index (χ2v) is 5.77. The van der Waals surface area contributed by atoms with E-state index in [0.717, 1.165) is 5.56 Å². The largest absolute Gasteiger partial charge is 0.472 e. The van der Waals surface area contributed by atoms with Gasteiger partial charge in [-0.3, -0.25) is 9.48 Å². The predicted octanol–water partition coefficient (Wildman–Crippen LogP) is 1.82. The molecule has 0 fully saturated rings. The molecule has 6 nitrogen and oxygen atoms in total. The number of aryl methyl sites for hydroxylation is 1. The Kier molecular flexibility index (Phi) is 4.18. The summed E-state index contributed by atoms with van der Waals surface area (Å²) in [6, 6.07) is 1.75. The number of amides is 1. The maximum absolute atomic E-state index is 12.3. The van der Waals surface area contributed by atoms with Crippen LogP contribution in [0.1, 0.15) is 31.1 Å². The smallest absolute Gasteiger partial charge is 0.255 e. The number of nitrogens with zero attached hydrogens (tertiary/aromatic N) is 2. The first-order valence-corrected chi connectivity index (χ1v) is 6.88. The second-order valence-electron chi connectivity index (χ2n) is 5.77. The minimum absolute atomic E-state index is 0.0417. The summed E-state index contributed by atoms with van der Waals surface area (Å²) < 4.78 is 6.62. The van der Waals surface area contributed by atoms with E-state index in [4.69, 9.17) is 4.42 Å². The predicted molar refractivity (Wildman–Crippen MR) is 78.7 cm³/mol. The van der Waals surface area contributed by atoms with Crippen LogP contribution in [0, 0.1) is 5.92 Å². The van der Waals surface area contributed by atoms with Crippen molar-refractivity contribution in [2.75, 3.05) is 6.54 Å². The van der Waals surface area contributed by atoms with Crippen LogP contribution in [0.25, 0.3) is 11.3 Å². The fraction of sp³-hybridized carbons (Fsp3) is 0.467. The molecule has 0 aliphatic heterocycles. The molecule has 0 aromatic carbocycles. The second kappa shape index (κ2) is 5.73. The molecule has 2 rings (SSSR count). The van der Waals surface area contributed by atoms with Gasteiger partial charge in [-0.15, -0.1) is 0 Å². The minimum atomic E-state index is -0.951. The molecule has 2 aromatic rings. The molecule has 2 aromatic heterocycles. The van der Waals surface area contributed by atoms with E-state index >= 15 is 0 Å². The van der Waals surface area contributed by atoms with E-state index < -0.39 is 5.60 Å². The molecule has 0 bridgehead atoms. The van der Waals surface area contributed by atoms with Crippen LogP contribution in [-0.2, 0) is 7.05 Å². The van der Waals surface area contributed by atoms with Gasteiger partial charge < -0.3 is 14.8 Å². The summed E-state index contributed by atoms with van der Waals surface area (Å²) >= 11 is 0. The van der Waals surface area contributed by atoms with Gasteiger partial charge in [-0.25, -0.2) is 0 Å². The first kappa shape index (κ1) is 15.3. The number of aromatic nitrogens is 2. The van der Waals surface area contributed by atoms with Gasteiger partial charge in [0.05, 0.1) is 23.7 Å². The number of furan rings is 1. The Bertz CT molecular complexity index is 612. The van der Waals surface area contributed by atoms with Crippen molar-refractivity contribution in [1.82, 2.24) is 15.1 Å². The van der Waals surface area contributed by atoms with Crippen LogP contribution in [-0.4, -0.2) is 32.9 Å². The molecule has 1 unspecified atom stereocenters. The summed E-state index contributed by atoms with van der Waals surface area (Å²) in [5.74, 6) is -0.222. The van der Waals surface area contributed by atoms with Crippen LogP contribution in [0.5, 0.6) is 0 Å². The third kappa shape index (κ3) is 3.33. The quantitative estimate of drug-likeness (QED) is 0.880. The lowest BCUT2D eigenvalue weighted by Crippen LogP contribution is -2.44. The molecule has 1 atom stereocenters. The molecular formula is C15H21N3O3. The SMILES string of the molecule is CC(C)C(C)(O)CNC(=O)c1cn(C)nc1-c1ccoc1. The van der Waals surface area contributed by atoms with E-state index in [1.807, 2.05) is 13.8 Å². The number of carbonyl (C=O) groups excluding carboxylic acids is 1. The lowest BCUT2D eigenvalue weighted by molar-refractivity contribution is 0.0142. The van der Waals surface area contributed by atoms with Gasteiger partial charge in [-0.05, 0) is 18.9 Å². The average molecular weight is 291 g/mol. The Labute approximate surface area is 123 Å². The lowest BCUT2D eigenvalue weighted by Gasteiger charge is -2.27. The van der Waals surface area contributed by atoms with E-state index in [9.17, 15) is 9.90 Å². The Morgan fingerprint density at radius 2 is 2.29 bits per heavy atom. The van der Waals surface area contributed by atoms with Gasteiger partial charge >= 0.3 is 0 Å². The van der Waals surface area contributed by atoms with Crippen molar-refractivity contribution in [2.45, 2.75) is 26.4 Å². The van der Waals surface area contributed by atoms with E-state index in [0.29, 0.717) is 11.3 Å². The van der Waals surface area contributed by atoms with Crippen molar-refractivity contribution in [3.8, 4) is 11.3 Å². The fourth-order valence-electron chi connectivity index (χ4n) is 1.83. The van der Waals surface area contributed by atoms with Crippen LogP contribution >= 0.6 is 0 Å². The van der Waals surface area contributed by atoms with Crippen LogP contribution in [0.2, 0.25) is 0 Å². The Morgan fingerprint density at radius 3 is 2.86 bits per heavy atom. The minimum Gasteiger partial charge on any atom is -0.472 e. The van der Waals surface area contributed by atoms with Gasteiger partial charge in [-0.1, -0.05) is 13.8 Å². The number of aliphatic hydroxyl groups is 1. The summed E-state index contributed by atoms with van der Waals surface area (Å²) in [5, 5.41) is 17.2. The molecule has 1 amide bonds. The van der Waals surface area contributed by atoms with Crippen LogP contribution in [0.15, 0.2) is 29.2 Å². The van der Waals surface area contributed by atoms with Crippen molar-refractivity contribution in [1.29, 1.82) is 0 Å². The Hall–Kier alpha value is -2.08. The first-order chi connectivity index (χ1) is 9.81. The Balaban J connectivity index is 2.17. The van der Waals surface area contributed by atoms with Crippen molar-refractivity contribution in [3.63, 3.8) is 0 Å². The van der Waals surface area contributed by atoms with Crippen molar-refractivity contribution in [2.24, 2.45) is 13.0 Å². The van der Waals surface area contributed by atoms with Crippen molar-refractivity contribution in [3.05, 3.63) is 30.4 Å². The third-order valence-electron chi connectivity index (χ3n) is 3.72. The van der Waals surface area contributed by atoms with Gasteiger partial charge in [0.25, 0.3) is 5.91 Å². The highest BCUT2D eigenvalue weighted by atomic mass is 16.3. The van der Waals surface area contributed by atoms with E-state index in [1.54, 1.807) is 37.2 Å². The molecule has 0 radical (unpaired) electrons. The fourth-order valence-corrected chi connectivity index (χ4v) is 1.83. The van der Waals surface area contributed by atoms with Crippen LogP contribution in [0.3, 0.4) is 0 Å². The number of hydrogen-bond acceptors (Lipinski definition) is 4. The number of rotatable bonds is 5. The molecule has 0 aliphatic carbocycles. The monoisotopic (exact) mass is 291 g/mol. The molecule has 2 heterocycles. The van der Waals surface area contributed by atoms with Crippen molar-refractivity contribution < 1.29 is 14.3 Å². The number of hydrogen-bond donors (Lipinski definition) is 2. The average Bonchev–Trinajstić information content (AvgIpc) is 3.04. The van der Waals surface area contributed by atoms with Crippen LogP contribution < -0.4 is 5.32 Å². The molecule has 0 aliphatic rings. The van der Waals surface area contributed by atoms with Gasteiger partial charge in [0.2, 0.25) is 0 Å². The first-order valence-electron chi connectivity index (χ1n) is 6.88. The molecule has 114 valence electrons. The molecule has 2 N–H and O–H groups in total. The molecular weight excluding hydrogens is 270 g/mol. The van der Waals surface area contributed by atoms with Crippen LogP contribution in [0.4, 0.5) is 0 Å². The van der Waals surface area contributed by atoms with Gasteiger partial charge in [0.15, 0.2) is 0 Å². The van der Waals surface area contributed by atoms with E-state index in [-0.39, 0.29) is 18.4 Å². The lowest BCUT2D eigenvalue weighted by atomic mass is 9.92. The summed E-state index contributed by atoms with van der Waals surface area (Å²) in [4.78, 5) is 12.3. The zero-order valence-electron chi connectivity index (χ0n) is 12.8. The van der Waals surface area contributed by atoms with E-state index in [2.05, 4.69) is 10.4 Å². The maximum atomic E-state index is 12.3. The van der Waals surface area contributed by atoms with Gasteiger partial charge in [0.1, 0.15) is 5.69 Å². The third-order valence-corrected chi connectivity index (χ3v) is 3.72. The topological polar surface area (TPSA) is 80.3 Å². The summed E-state index contributed by atoms with van der Waals surface area (Å²) in [6.45, 7) is 5.71. The summed E-state index contributed by atoms with van der Waals surface area (Å²) in [6.07, 6.45) is 4.74. The molecule has 21 heavy (non-hydrogen) atoms. The summed E-state index contributed by atoms with van der Waals surface area (Å²) in [7, 11) is 1.75. The molecule has 0 saturated heterocycles. The van der Waals surface area contributed by atoms with Crippen molar-refractivity contribution >= 4 is 5.91 Å². The normalized spacial score (nSPS) is 14.2. The standard InChI is InChI=1S/C15H21N3O3/c1-10(2)15(3,20)9-16-14(19)12-7-18(4)17-13(12)11-5-6-21-8-11/h5-8,10,20H,9H2,1-4H3,(H,16,19). The highest BCUT2D eigenvalue weighted by Gasteiger charge is 2.26. The molecule has 6 heteroatoms.